The summed E-state index contributed by atoms with van der Waals surface area (Å²) in [6.45, 7) is 5.79. The molecule has 1 amide bonds. The minimum absolute atomic E-state index is 0.0559. The Hall–Kier alpha value is -1.05. The second-order valence-electron chi connectivity index (χ2n) is 6.50. The molecule has 1 aromatic carbocycles. The predicted molar refractivity (Wildman–Crippen MR) is 107 cm³/mol. The number of rotatable bonds is 6. The summed E-state index contributed by atoms with van der Waals surface area (Å²) in [6, 6.07) is 5.83. The SMILES string of the molecule is Cc1cc(Br)ccc1NC(=O)C(C)(C)c1csc(NSC2CC2)n1. The Kier molecular flexibility index (Phi) is 5.22. The molecule has 4 nitrogen and oxygen atoms in total. The highest BCUT2D eigenvalue weighted by molar-refractivity contribution is 9.10. The molecule has 2 aromatic rings. The molecule has 1 aliphatic carbocycles. The molecule has 0 spiro atoms. The van der Waals surface area contributed by atoms with Crippen molar-refractivity contribution in [1.29, 1.82) is 0 Å². The first kappa shape index (κ1) is 17.8. The van der Waals surface area contributed by atoms with Gasteiger partial charge in [0.15, 0.2) is 5.13 Å². The third-order valence-electron chi connectivity index (χ3n) is 3.99. The Labute approximate surface area is 159 Å². The van der Waals surface area contributed by atoms with Gasteiger partial charge < -0.3 is 10.0 Å². The molecule has 2 N–H and O–H groups in total. The maximum absolute atomic E-state index is 12.8. The molecule has 0 unspecified atom stereocenters. The Morgan fingerprint density at radius 1 is 1.42 bits per heavy atom. The summed E-state index contributed by atoms with van der Waals surface area (Å²) in [5.41, 5.74) is 1.95. The van der Waals surface area contributed by atoms with E-state index in [1.807, 2.05) is 44.4 Å². The van der Waals surface area contributed by atoms with Gasteiger partial charge in [-0.05, 0) is 69.3 Å². The second kappa shape index (κ2) is 7.06. The van der Waals surface area contributed by atoms with E-state index in [0.29, 0.717) is 5.25 Å². The number of halogens is 1. The van der Waals surface area contributed by atoms with Gasteiger partial charge in [0.1, 0.15) is 0 Å². The fraction of sp³-hybridized carbons (Fsp3) is 0.412. The fourth-order valence-electron chi connectivity index (χ4n) is 2.09. The molecule has 3 rings (SSSR count). The van der Waals surface area contributed by atoms with Crippen LogP contribution in [0.3, 0.4) is 0 Å². The van der Waals surface area contributed by atoms with Crippen LogP contribution in [0, 0.1) is 6.92 Å². The Morgan fingerprint density at radius 2 is 2.17 bits per heavy atom. The van der Waals surface area contributed by atoms with Gasteiger partial charge in [0.2, 0.25) is 5.91 Å². The van der Waals surface area contributed by atoms with E-state index in [1.54, 1.807) is 23.3 Å². The van der Waals surface area contributed by atoms with Crippen molar-refractivity contribution in [3.8, 4) is 0 Å². The lowest BCUT2D eigenvalue weighted by Crippen LogP contribution is -2.35. The lowest BCUT2D eigenvalue weighted by Gasteiger charge is -2.22. The number of amides is 1. The Morgan fingerprint density at radius 3 is 2.83 bits per heavy atom. The number of carbonyl (C=O) groups excluding carboxylic acids is 1. The number of hydrogen-bond acceptors (Lipinski definition) is 5. The summed E-state index contributed by atoms with van der Waals surface area (Å²) in [6.07, 6.45) is 2.55. The van der Waals surface area contributed by atoms with E-state index < -0.39 is 5.41 Å². The number of hydrogen-bond donors (Lipinski definition) is 2. The molecule has 24 heavy (non-hydrogen) atoms. The van der Waals surface area contributed by atoms with Crippen LogP contribution in [0.5, 0.6) is 0 Å². The molecule has 7 heteroatoms. The minimum Gasteiger partial charge on any atom is -0.325 e. The number of anilines is 2. The number of nitrogens with zero attached hydrogens (tertiary/aromatic N) is 1. The lowest BCUT2D eigenvalue weighted by molar-refractivity contribution is -0.120. The molecule has 1 saturated carbocycles. The smallest absolute Gasteiger partial charge is 0.236 e. The maximum Gasteiger partial charge on any atom is 0.236 e. The third-order valence-corrected chi connectivity index (χ3v) is 6.48. The molecule has 0 aliphatic heterocycles. The van der Waals surface area contributed by atoms with Crippen LogP contribution in [0.2, 0.25) is 0 Å². The van der Waals surface area contributed by atoms with Gasteiger partial charge in [-0.25, -0.2) is 4.98 Å². The molecule has 0 saturated heterocycles. The average molecular weight is 426 g/mol. The largest absolute Gasteiger partial charge is 0.325 e. The van der Waals surface area contributed by atoms with E-state index in [4.69, 9.17) is 0 Å². The van der Waals surface area contributed by atoms with Crippen LogP contribution < -0.4 is 10.0 Å². The number of aryl methyl sites for hydroxylation is 1. The molecule has 1 heterocycles. The first-order valence-electron chi connectivity index (χ1n) is 7.81. The van der Waals surface area contributed by atoms with Crippen LogP contribution in [-0.2, 0) is 10.2 Å². The predicted octanol–water partition coefficient (Wildman–Crippen LogP) is 5.35. The van der Waals surface area contributed by atoms with Gasteiger partial charge in [-0.2, -0.15) is 0 Å². The minimum atomic E-state index is -0.694. The molecule has 1 aliphatic rings. The van der Waals surface area contributed by atoms with Gasteiger partial charge in [-0.1, -0.05) is 15.9 Å². The van der Waals surface area contributed by atoms with Crippen molar-refractivity contribution in [2.24, 2.45) is 0 Å². The zero-order chi connectivity index (χ0) is 17.3. The summed E-state index contributed by atoms with van der Waals surface area (Å²) in [5, 5.41) is 6.57. The Balaban J connectivity index is 1.69. The van der Waals surface area contributed by atoms with Crippen LogP contribution in [0.15, 0.2) is 28.1 Å². The van der Waals surface area contributed by atoms with E-state index in [0.717, 1.165) is 26.5 Å². The van der Waals surface area contributed by atoms with Crippen molar-refractivity contribution in [2.45, 2.75) is 44.3 Å². The van der Waals surface area contributed by atoms with Crippen LogP contribution in [0.4, 0.5) is 10.8 Å². The molecule has 1 fully saturated rings. The molecule has 128 valence electrons. The normalized spacial score (nSPS) is 14.5. The number of nitrogens with one attached hydrogen (secondary N) is 2. The molecular formula is C17H20BrN3OS2. The summed E-state index contributed by atoms with van der Waals surface area (Å²) in [4.78, 5) is 17.4. The summed E-state index contributed by atoms with van der Waals surface area (Å²) in [7, 11) is 0. The van der Waals surface area contributed by atoms with Gasteiger partial charge in [0, 0.05) is 20.8 Å². The van der Waals surface area contributed by atoms with Crippen molar-refractivity contribution in [3.05, 3.63) is 39.3 Å². The molecule has 0 bridgehead atoms. The van der Waals surface area contributed by atoms with E-state index in [2.05, 4.69) is 31.0 Å². The van der Waals surface area contributed by atoms with Crippen molar-refractivity contribution < 1.29 is 4.79 Å². The van der Waals surface area contributed by atoms with E-state index in [-0.39, 0.29) is 5.91 Å². The number of aromatic nitrogens is 1. The first-order chi connectivity index (χ1) is 11.4. The number of carbonyl (C=O) groups is 1. The van der Waals surface area contributed by atoms with Crippen LogP contribution in [-0.4, -0.2) is 16.1 Å². The average Bonchev–Trinajstić information content (AvgIpc) is 3.23. The number of thiazole rings is 1. The van der Waals surface area contributed by atoms with Crippen molar-refractivity contribution in [2.75, 3.05) is 10.0 Å². The molecule has 1 aromatic heterocycles. The highest BCUT2D eigenvalue weighted by atomic mass is 79.9. The zero-order valence-electron chi connectivity index (χ0n) is 13.9. The second-order valence-corrected chi connectivity index (χ2v) is 9.38. The molecular weight excluding hydrogens is 406 g/mol. The van der Waals surface area contributed by atoms with Crippen molar-refractivity contribution in [3.63, 3.8) is 0 Å². The van der Waals surface area contributed by atoms with E-state index in [1.165, 1.54) is 12.8 Å². The fourth-order valence-corrected chi connectivity index (χ4v) is 4.31. The van der Waals surface area contributed by atoms with E-state index in [9.17, 15) is 4.79 Å². The standard InChI is InChI=1S/C17H20BrN3OS2/c1-10-8-11(18)4-7-13(10)19-15(22)17(2,3)14-9-23-16(20-14)21-24-12-5-6-12/h4,7-9,12H,5-6H2,1-3H3,(H,19,22)(H,20,21). The zero-order valence-corrected chi connectivity index (χ0v) is 17.1. The highest BCUT2D eigenvalue weighted by Crippen LogP contribution is 2.36. The van der Waals surface area contributed by atoms with Crippen LogP contribution in [0.25, 0.3) is 0 Å². The van der Waals surface area contributed by atoms with Gasteiger partial charge in [-0.15, -0.1) is 11.3 Å². The van der Waals surface area contributed by atoms with Crippen molar-refractivity contribution in [1.82, 2.24) is 4.98 Å². The Bertz CT molecular complexity index is 756. The summed E-state index contributed by atoms with van der Waals surface area (Å²) >= 11 is 6.71. The van der Waals surface area contributed by atoms with Crippen molar-refractivity contribution >= 4 is 55.9 Å². The monoisotopic (exact) mass is 425 g/mol. The van der Waals surface area contributed by atoms with Gasteiger partial charge in [0.05, 0.1) is 11.1 Å². The maximum atomic E-state index is 12.8. The van der Waals surface area contributed by atoms with Crippen LogP contribution in [0.1, 0.15) is 37.9 Å². The lowest BCUT2D eigenvalue weighted by atomic mass is 9.89. The highest BCUT2D eigenvalue weighted by Gasteiger charge is 2.33. The van der Waals surface area contributed by atoms with Gasteiger partial charge in [0.25, 0.3) is 0 Å². The quantitative estimate of drug-likeness (QED) is 0.612. The topological polar surface area (TPSA) is 54.0 Å². The molecule has 0 atom stereocenters. The van der Waals surface area contributed by atoms with Gasteiger partial charge >= 0.3 is 0 Å². The molecule has 0 radical (unpaired) electrons. The number of benzene rings is 1. The van der Waals surface area contributed by atoms with Crippen LogP contribution >= 0.6 is 39.2 Å². The summed E-state index contributed by atoms with van der Waals surface area (Å²) < 4.78 is 4.29. The summed E-state index contributed by atoms with van der Waals surface area (Å²) in [5.74, 6) is -0.0559. The van der Waals surface area contributed by atoms with E-state index >= 15 is 0 Å². The van der Waals surface area contributed by atoms with Gasteiger partial charge in [-0.3, -0.25) is 4.79 Å². The third kappa shape index (κ3) is 4.13. The first-order valence-corrected chi connectivity index (χ1v) is 10.4.